The summed E-state index contributed by atoms with van der Waals surface area (Å²) in [6.07, 6.45) is 1.69. The Morgan fingerprint density at radius 1 is 1.12 bits per heavy atom. The van der Waals surface area contributed by atoms with E-state index in [0.717, 1.165) is 43.4 Å². The zero-order chi connectivity index (χ0) is 18.2. The van der Waals surface area contributed by atoms with Crippen LogP contribution in [-0.4, -0.2) is 44.1 Å². The fraction of sp³-hybridized carbons (Fsp3) is 0.286. The quantitative estimate of drug-likeness (QED) is 0.626. The number of carbonyl (C=O) groups excluding carboxylic acids is 1. The number of thioether (sulfide) groups is 1. The van der Waals surface area contributed by atoms with Crippen molar-refractivity contribution in [2.24, 2.45) is 0 Å². The van der Waals surface area contributed by atoms with Crippen molar-refractivity contribution in [2.45, 2.75) is 11.4 Å². The van der Waals surface area contributed by atoms with Gasteiger partial charge in [0.2, 0.25) is 5.91 Å². The lowest BCUT2D eigenvalue weighted by atomic mass is 10.2. The van der Waals surface area contributed by atoms with Gasteiger partial charge in [-0.3, -0.25) is 4.79 Å². The summed E-state index contributed by atoms with van der Waals surface area (Å²) in [5.74, 6) is 0.997. The zero-order valence-electron chi connectivity index (χ0n) is 15.1. The number of methoxy groups -OCH3 is 1. The van der Waals surface area contributed by atoms with E-state index >= 15 is 0 Å². The number of quaternary nitrogens is 1. The topological polar surface area (TPSA) is 34.0 Å². The fourth-order valence-corrected chi connectivity index (χ4v) is 3.68. The first-order chi connectivity index (χ1) is 12.7. The van der Waals surface area contributed by atoms with Crippen molar-refractivity contribution in [1.29, 1.82) is 0 Å². The van der Waals surface area contributed by atoms with Gasteiger partial charge in [-0.25, -0.2) is 0 Å². The van der Waals surface area contributed by atoms with Crippen LogP contribution in [0.3, 0.4) is 0 Å². The number of ether oxygens (including phenoxy) is 1. The Morgan fingerprint density at radius 3 is 2.46 bits per heavy atom. The predicted molar refractivity (Wildman–Crippen MR) is 105 cm³/mol. The van der Waals surface area contributed by atoms with Crippen LogP contribution in [0.2, 0.25) is 0 Å². The van der Waals surface area contributed by atoms with Gasteiger partial charge in [0.15, 0.2) is 0 Å². The van der Waals surface area contributed by atoms with E-state index < -0.39 is 0 Å². The van der Waals surface area contributed by atoms with Crippen molar-refractivity contribution in [3.05, 3.63) is 71.6 Å². The van der Waals surface area contributed by atoms with Crippen molar-refractivity contribution < 1.29 is 14.4 Å². The monoisotopic (exact) mass is 369 g/mol. The molecular formula is C21H25N2O2S+. The summed E-state index contributed by atoms with van der Waals surface area (Å²) in [5.41, 5.74) is 1.31. The minimum absolute atomic E-state index is 0.108. The molecular weight excluding hydrogens is 344 g/mol. The summed E-state index contributed by atoms with van der Waals surface area (Å²) in [5, 5.41) is 1.88. The average Bonchev–Trinajstić information content (AvgIpc) is 2.70. The molecule has 1 saturated heterocycles. The zero-order valence-corrected chi connectivity index (χ0v) is 15.9. The van der Waals surface area contributed by atoms with Crippen molar-refractivity contribution in [2.75, 3.05) is 33.3 Å². The van der Waals surface area contributed by atoms with Gasteiger partial charge in [-0.05, 0) is 41.8 Å². The van der Waals surface area contributed by atoms with E-state index in [-0.39, 0.29) is 5.91 Å². The van der Waals surface area contributed by atoms with E-state index in [2.05, 4.69) is 12.1 Å². The molecule has 26 heavy (non-hydrogen) atoms. The van der Waals surface area contributed by atoms with E-state index in [1.165, 1.54) is 10.5 Å². The van der Waals surface area contributed by atoms with Gasteiger partial charge in [0.05, 0.1) is 33.3 Å². The molecule has 1 fully saturated rings. The number of hydrogen-bond donors (Lipinski definition) is 1. The molecule has 0 atom stereocenters. The molecule has 0 aromatic heterocycles. The molecule has 0 spiro atoms. The van der Waals surface area contributed by atoms with Crippen LogP contribution >= 0.6 is 11.8 Å². The maximum absolute atomic E-state index is 12.3. The Morgan fingerprint density at radius 2 is 1.81 bits per heavy atom. The molecule has 0 radical (unpaired) electrons. The van der Waals surface area contributed by atoms with Gasteiger partial charge in [0.1, 0.15) is 12.3 Å². The summed E-state index contributed by atoms with van der Waals surface area (Å²) < 4.78 is 5.20. The van der Waals surface area contributed by atoms with Crippen LogP contribution in [0, 0.1) is 0 Å². The molecule has 136 valence electrons. The Hall–Kier alpha value is -2.24. The lowest BCUT2D eigenvalue weighted by molar-refractivity contribution is -0.917. The molecule has 1 aliphatic rings. The van der Waals surface area contributed by atoms with Gasteiger partial charge in [-0.15, -0.1) is 0 Å². The first-order valence-electron chi connectivity index (χ1n) is 8.88. The normalized spacial score (nSPS) is 15.3. The Bertz CT molecular complexity index is 723. The molecule has 3 rings (SSSR count). The third-order valence-corrected chi connectivity index (χ3v) is 5.37. The standard InChI is InChI=1S/C21H24N2O2S/c1-25-19-9-7-18(8-10-19)17-22-12-14-23(15-13-22)21(24)11-16-26-20-5-3-2-4-6-20/h2-11,16H,12-15,17H2,1H3/p+1/b16-11+. The molecule has 0 bridgehead atoms. The highest BCUT2D eigenvalue weighted by atomic mass is 32.2. The number of amides is 1. The van der Waals surface area contributed by atoms with Crippen molar-refractivity contribution in [3.8, 4) is 5.75 Å². The SMILES string of the molecule is COc1ccc(C[NH+]2CCN(C(=O)/C=C/Sc3ccccc3)CC2)cc1. The summed E-state index contributed by atoms with van der Waals surface area (Å²) >= 11 is 1.57. The number of benzene rings is 2. The molecule has 0 aliphatic carbocycles. The minimum atomic E-state index is 0.108. The van der Waals surface area contributed by atoms with E-state index in [1.54, 1.807) is 24.9 Å². The summed E-state index contributed by atoms with van der Waals surface area (Å²) in [6, 6.07) is 18.3. The van der Waals surface area contributed by atoms with Crippen LogP contribution in [0.15, 0.2) is 71.0 Å². The predicted octanol–water partition coefficient (Wildman–Crippen LogP) is 2.23. The summed E-state index contributed by atoms with van der Waals surface area (Å²) in [4.78, 5) is 16.9. The third-order valence-electron chi connectivity index (χ3n) is 4.55. The van der Waals surface area contributed by atoms with Gasteiger partial charge in [-0.2, -0.15) is 0 Å². The van der Waals surface area contributed by atoms with Crippen molar-refractivity contribution >= 4 is 17.7 Å². The Balaban J connectivity index is 1.43. The second-order valence-electron chi connectivity index (χ2n) is 6.33. The summed E-state index contributed by atoms with van der Waals surface area (Å²) in [7, 11) is 1.68. The Kier molecular flexibility index (Phi) is 6.75. The number of carbonyl (C=O) groups is 1. The maximum Gasteiger partial charge on any atom is 0.247 e. The number of hydrogen-bond acceptors (Lipinski definition) is 3. The van der Waals surface area contributed by atoms with Gasteiger partial charge >= 0.3 is 0 Å². The maximum atomic E-state index is 12.3. The molecule has 2 aromatic carbocycles. The van der Waals surface area contributed by atoms with E-state index in [9.17, 15) is 4.79 Å². The van der Waals surface area contributed by atoms with Crippen LogP contribution < -0.4 is 9.64 Å². The van der Waals surface area contributed by atoms with Gasteiger partial charge in [0.25, 0.3) is 0 Å². The second-order valence-corrected chi connectivity index (χ2v) is 7.31. The van der Waals surface area contributed by atoms with Crippen molar-refractivity contribution in [3.63, 3.8) is 0 Å². The third kappa shape index (κ3) is 5.38. The van der Waals surface area contributed by atoms with Gasteiger partial charge in [0, 0.05) is 16.5 Å². The molecule has 1 N–H and O–H groups in total. The molecule has 0 unspecified atom stereocenters. The first-order valence-corrected chi connectivity index (χ1v) is 9.76. The molecule has 1 aliphatic heterocycles. The highest BCUT2D eigenvalue weighted by Gasteiger charge is 2.22. The molecule has 4 nitrogen and oxygen atoms in total. The van der Waals surface area contributed by atoms with Crippen LogP contribution in [0.4, 0.5) is 0 Å². The number of piperazine rings is 1. The Labute approximate surface area is 159 Å². The van der Waals surface area contributed by atoms with Gasteiger partial charge in [-0.1, -0.05) is 30.0 Å². The molecule has 1 heterocycles. The van der Waals surface area contributed by atoms with Crippen LogP contribution in [0.5, 0.6) is 5.75 Å². The van der Waals surface area contributed by atoms with Crippen LogP contribution in [0.25, 0.3) is 0 Å². The molecule has 0 saturated carbocycles. The largest absolute Gasteiger partial charge is 0.497 e. The lowest BCUT2D eigenvalue weighted by Crippen LogP contribution is -3.13. The number of rotatable bonds is 6. The van der Waals surface area contributed by atoms with Crippen LogP contribution in [-0.2, 0) is 11.3 Å². The van der Waals surface area contributed by atoms with Crippen molar-refractivity contribution in [1.82, 2.24) is 4.90 Å². The average molecular weight is 370 g/mol. The number of nitrogens with one attached hydrogen (secondary N) is 1. The molecule has 5 heteroatoms. The number of nitrogens with zero attached hydrogens (tertiary/aromatic N) is 1. The van der Waals surface area contributed by atoms with E-state index in [1.807, 2.05) is 52.8 Å². The second kappa shape index (κ2) is 9.46. The smallest absolute Gasteiger partial charge is 0.247 e. The van der Waals surface area contributed by atoms with E-state index in [4.69, 9.17) is 4.74 Å². The van der Waals surface area contributed by atoms with Gasteiger partial charge < -0.3 is 14.5 Å². The molecule has 2 aromatic rings. The highest BCUT2D eigenvalue weighted by molar-refractivity contribution is 8.02. The molecule has 1 amide bonds. The van der Waals surface area contributed by atoms with Crippen LogP contribution in [0.1, 0.15) is 5.56 Å². The summed E-state index contributed by atoms with van der Waals surface area (Å²) in [6.45, 7) is 4.58. The van der Waals surface area contributed by atoms with E-state index in [0.29, 0.717) is 0 Å². The minimum Gasteiger partial charge on any atom is -0.497 e. The highest BCUT2D eigenvalue weighted by Crippen LogP contribution is 2.18. The fourth-order valence-electron chi connectivity index (χ4n) is 3.03. The first kappa shape index (κ1) is 18.5. The lowest BCUT2D eigenvalue weighted by Gasteiger charge is -2.31.